The molecule has 104 valence electrons. The second kappa shape index (κ2) is 5.39. The summed E-state index contributed by atoms with van der Waals surface area (Å²) in [6.07, 6.45) is 1.32. The van der Waals surface area contributed by atoms with Crippen LogP contribution < -0.4 is 5.73 Å². The van der Waals surface area contributed by atoms with Crippen LogP contribution in [0.3, 0.4) is 0 Å². The van der Waals surface area contributed by atoms with E-state index in [0.717, 1.165) is 0 Å². The summed E-state index contributed by atoms with van der Waals surface area (Å²) in [5.74, 6) is -0.557. The topological polar surface area (TPSA) is 113 Å². The van der Waals surface area contributed by atoms with E-state index in [2.05, 4.69) is 4.98 Å². The molecule has 1 aromatic heterocycles. The van der Waals surface area contributed by atoms with Gasteiger partial charge in [-0.2, -0.15) is 0 Å². The Balaban J connectivity index is 2.42. The van der Waals surface area contributed by atoms with Crippen molar-refractivity contribution in [2.24, 2.45) is 0 Å². The lowest BCUT2D eigenvalue weighted by atomic mass is 10.3. The summed E-state index contributed by atoms with van der Waals surface area (Å²) in [5.41, 5.74) is 6.18. The van der Waals surface area contributed by atoms with E-state index in [1.54, 1.807) is 13.0 Å². The van der Waals surface area contributed by atoms with Crippen molar-refractivity contribution in [1.82, 2.24) is 9.55 Å². The third-order valence-electron chi connectivity index (χ3n) is 2.59. The number of aromatic nitrogens is 2. The fourth-order valence-electron chi connectivity index (χ4n) is 1.68. The lowest BCUT2D eigenvalue weighted by molar-refractivity contribution is -0.384. The van der Waals surface area contributed by atoms with Crippen LogP contribution in [0.1, 0.15) is 17.4 Å². The van der Waals surface area contributed by atoms with Gasteiger partial charge in [0.2, 0.25) is 0 Å². The van der Waals surface area contributed by atoms with Crippen LogP contribution in [0, 0.1) is 10.1 Å². The maximum atomic E-state index is 11.6. The van der Waals surface area contributed by atoms with Gasteiger partial charge in [-0.15, -0.1) is 0 Å². The molecule has 0 saturated carbocycles. The van der Waals surface area contributed by atoms with Gasteiger partial charge >= 0.3 is 5.97 Å². The normalized spacial score (nSPS) is 10.2. The van der Waals surface area contributed by atoms with Gasteiger partial charge in [-0.3, -0.25) is 14.7 Å². The van der Waals surface area contributed by atoms with Crippen molar-refractivity contribution >= 4 is 17.5 Å². The zero-order chi connectivity index (χ0) is 14.7. The van der Waals surface area contributed by atoms with Crippen LogP contribution in [0.15, 0.2) is 30.6 Å². The Labute approximate surface area is 113 Å². The molecule has 0 aliphatic rings. The summed E-state index contributed by atoms with van der Waals surface area (Å²) in [6, 6.07) is 5.85. The van der Waals surface area contributed by atoms with E-state index in [1.165, 1.54) is 29.1 Å². The Hall–Kier alpha value is -2.90. The number of non-ortho nitro benzene ring substituents is 1. The van der Waals surface area contributed by atoms with E-state index in [0.29, 0.717) is 5.69 Å². The largest absolute Gasteiger partial charge is 0.461 e. The minimum Gasteiger partial charge on any atom is -0.461 e. The Morgan fingerprint density at radius 2 is 2.30 bits per heavy atom. The molecule has 0 spiro atoms. The Kier molecular flexibility index (Phi) is 3.65. The standard InChI is InChI=1S/C12H12N4O4/c1-2-20-12(17)10-11(13)15(7-14-10)8-4-3-5-9(6-8)16(18)19/h3-7H,2,13H2,1H3. The molecule has 2 N–H and O–H groups in total. The molecule has 0 radical (unpaired) electrons. The summed E-state index contributed by atoms with van der Waals surface area (Å²) in [4.78, 5) is 25.7. The lowest BCUT2D eigenvalue weighted by Crippen LogP contribution is -2.09. The van der Waals surface area contributed by atoms with E-state index in [1.807, 2.05) is 0 Å². The van der Waals surface area contributed by atoms with Gasteiger partial charge < -0.3 is 10.5 Å². The van der Waals surface area contributed by atoms with Gasteiger partial charge in [-0.05, 0) is 13.0 Å². The molecule has 20 heavy (non-hydrogen) atoms. The van der Waals surface area contributed by atoms with Gasteiger partial charge in [-0.1, -0.05) is 6.07 Å². The monoisotopic (exact) mass is 276 g/mol. The number of nitrogen functional groups attached to an aromatic ring is 1. The molecule has 0 saturated heterocycles. The van der Waals surface area contributed by atoms with Gasteiger partial charge in [-0.25, -0.2) is 9.78 Å². The minimum absolute atomic E-state index is 0.0154. The fourth-order valence-corrected chi connectivity index (χ4v) is 1.68. The van der Waals surface area contributed by atoms with Crippen molar-refractivity contribution in [3.8, 4) is 5.69 Å². The Morgan fingerprint density at radius 3 is 2.95 bits per heavy atom. The predicted molar refractivity (Wildman–Crippen MR) is 70.6 cm³/mol. The molecular weight excluding hydrogens is 264 g/mol. The van der Waals surface area contributed by atoms with Gasteiger partial charge in [0.15, 0.2) is 5.69 Å². The van der Waals surface area contributed by atoms with Crippen molar-refractivity contribution in [3.63, 3.8) is 0 Å². The molecule has 8 heteroatoms. The SMILES string of the molecule is CCOC(=O)c1ncn(-c2cccc([N+](=O)[O-])c2)c1N. The first-order chi connectivity index (χ1) is 9.54. The second-order valence-corrected chi connectivity index (χ2v) is 3.85. The zero-order valence-corrected chi connectivity index (χ0v) is 10.6. The molecule has 0 atom stereocenters. The summed E-state index contributed by atoms with van der Waals surface area (Å²) < 4.78 is 6.21. The van der Waals surface area contributed by atoms with Crippen LogP contribution in [-0.4, -0.2) is 27.1 Å². The van der Waals surface area contributed by atoms with Crippen LogP contribution in [-0.2, 0) is 4.74 Å². The van der Waals surface area contributed by atoms with Gasteiger partial charge in [0, 0.05) is 12.1 Å². The van der Waals surface area contributed by atoms with Gasteiger partial charge in [0.05, 0.1) is 17.2 Å². The molecule has 0 unspecified atom stereocenters. The molecule has 1 aromatic carbocycles. The maximum absolute atomic E-state index is 11.6. The number of nitrogens with zero attached hydrogens (tertiary/aromatic N) is 3. The van der Waals surface area contributed by atoms with E-state index in [9.17, 15) is 14.9 Å². The van der Waals surface area contributed by atoms with Crippen LogP contribution in [0.2, 0.25) is 0 Å². The van der Waals surface area contributed by atoms with Gasteiger partial charge in [0.1, 0.15) is 12.1 Å². The highest BCUT2D eigenvalue weighted by Gasteiger charge is 2.18. The molecule has 0 aliphatic heterocycles. The van der Waals surface area contributed by atoms with Crippen molar-refractivity contribution in [2.75, 3.05) is 12.3 Å². The summed E-state index contributed by atoms with van der Waals surface area (Å²) in [5, 5.41) is 10.7. The van der Waals surface area contributed by atoms with Gasteiger partial charge in [0.25, 0.3) is 5.69 Å². The number of nitro benzene ring substituents is 1. The predicted octanol–water partition coefficient (Wildman–Crippen LogP) is 1.54. The molecule has 2 rings (SSSR count). The number of esters is 1. The van der Waals surface area contributed by atoms with Crippen LogP contribution >= 0.6 is 0 Å². The van der Waals surface area contributed by atoms with E-state index in [-0.39, 0.29) is 23.8 Å². The number of carbonyl (C=O) groups excluding carboxylic acids is 1. The van der Waals surface area contributed by atoms with Crippen LogP contribution in [0.5, 0.6) is 0 Å². The Morgan fingerprint density at radius 1 is 1.55 bits per heavy atom. The number of nitrogens with two attached hydrogens (primary N) is 1. The van der Waals surface area contributed by atoms with Crippen molar-refractivity contribution in [3.05, 3.63) is 46.4 Å². The van der Waals surface area contributed by atoms with Crippen molar-refractivity contribution < 1.29 is 14.5 Å². The first-order valence-electron chi connectivity index (χ1n) is 5.79. The van der Waals surface area contributed by atoms with E-state index in [4.69, 9.17) is 10.5 Å². The molecular formula is C12H12N4O4. The number of nitro groups is 1. The third-order valence-corrected chi connectivity index (χ3v) is 2.59. The molecule has 0 fully saturated rings. The highest BCUT2D eigenvalue weighted by atomic mass is 16.6. The third kappa shape index (κ3) is 2.44. The smallest absolute Gasteiger partial charge is 0.360 e. The minimum atomic E-state index is -0.630. The van der Waals surface area contributed by atoms with Crippen molar-refractivity contribution in [1.29, 1.82) is 0 Å². The molecule has 0 aliphatic carbocycles. The average Bonchev–Trinajstić information content (AvgIpc) is 2.81. The molecule has 0 bridgehead atoms. The zero-order valence-electron chi connectivity index (χ0n) is 10.6. The van der Waals surface area contributed by atoms with E-state index < -0.39 is 10.9 Å². The number of hydrogen-bond acceptors (Lipinski definition) is 6. The highest BCUT2D eigenvalue weighted by Crippen LogP contribution is 2.21. The number of benzene rings is 1. The fraction of sp³-hybridized carbons (Fsp3) is 0.167. The highest BCUT2D eigenvalue weighted by molar-refractivity contribution is 5.92. The van der Waals surface area contributed by atoms with Crippen LogP contribution in [0.4, 0.5) is 11.5 Å². The first kappa shape index (κ1) is 13.5. The summed E-state index contributed by atoms with van der Waals surface area (Å²) in [6.45, 7) is 1.88. The number of hydrogen-bond donors (Lipinski definition) is 1. The number of anilines is 1. The first-order valence-corrected chi connectivity index (χ1v) is 5.79. The molecule has 0 amide bonds. The number of carbonyl (C=O) groups is 1. The molecule has 2 aromatic rings. The summed E-state index contributed by atoms with van der Waals surface area (Å²) in [7, 11) is 0. The number of rotatable bonds is 4. The second-order valence-electron chi connectivity index (χ2n) is 3.85. The maximum Gasteiger partial charge on any atom is 0.360 e. The lowest BCUT2D eigenvalue weighted by Gasteiger charge is -2.05. The molecule has 8 nitrogen and oxygen atoms in total. The van der Waals surface area contributed by atoms with Crippen molar-refractivity contribution in [2.45, 2.75) is 6.92 Å². The number of ether oxygens (including phenoxy) is 1. The van der Waals surface area contributed by atoms with E-state index >= 15 is 0 Å². The van der Waals surface area contributed by atoms with Crippen LogP contribution in [0.25, 0.3) is 5.69 Å². The quantitative estimate of drug-likeness (QED) is 0.514. The average molecular weight is 276 g/mol. The Bertz CT molecular complexity index is 665. The molecule has 1 heterocycles. The summed E-state index contributed by atoms with van der Waals surface area (Å²) >= 11 is 0. The number of imidazole rings is 1.